The van der Waals surface area contributed by atoms with Gasteiger partial charge in [-0.05, 0) is 46.6 Å². The van der Waals surface area contributed by atoms with E-state index >= 15 is 0 Å². The lowest BCUT2D eigenvalue weighted by Crippen LogP contribution is -2.25. The largest absolute Gasteiger partial charge is 0.379 e. The maximum Gasteiger partial charge on any atom is 0.223 e. The summed E-state index contributed by atoms with van der Waals surface area (Å²) in [4.78, 5) is 20.2. The van der Waals surface area contributed by atoms with Gasteiger partial charge in [-0.1, -0.05) is 0 Å². The van der Waals surface area contributed by atoms with Gasteiger partial charge in [0.15, 0.2) is 0 Å². The first-order valence-electron chi connectivity index (χ1n) is 7.92. The molecule has 0 saturated heterocycles. The van der Waals surface area contributed by atoms with E-state index in [4.69, 9.17) is 4.74 Å². The molecule has 0 spiro atoms. The van der Waals surface area contributed by atoms with Crippen molar-refractivity contribution in [1.82, 2.24) is 15.3 Å². The molecule has 0 aromatic carbocycles. The molecule has 0 aliphatic heterocycles. The van der Waals surface area contributed by atoms with Gasteiger partial charge in [-0.2, -0.15) is 0 Å². The highest BCUT2D eigenvalue weighted by molar-refractivity contribution is 5.75. The van der Waals surface area contributed by atoms with Gasteiger partial charge in [-0.25, -0.2) is 9.97 Å². The summed E-state index contributed by atoms with van der Waals surface area (Å²) in [6.07, 6.45) is 2.35. The SMILES string of the molecule is Cc1cc(C)nc(NCCCC(=O)NCCCOC(C)C)n1. The highest BCUT2D eigenvalue weighted by Gasteiger charge is 2.02. The Kier molecular flexibility index (Phi) is 8.43. The number of rotatable bonds is 10. The predicted octanol–water partition coefficient (Wildman–Crippen LogP) is 2.22. The standard InChI is InChI=1S/C16H28N4O2/c1-12(2)22-10-6-9-17-15(21)7-5-8-18-16-19-13(3)11-14(4)20-16/h11-12H,5-10H2,1-4H3,(H,17,21)(H,18,19,20). The Labute approximate surface area is 133 Å². The Morgan fingerprint density at radius 1 is 1.18 bits per heavy atom. The predicted molar refractivity (Wildman–Crippen MR) is 87.9 cm³/mol. The molecule has 124 valence electrons. The molecule has 2 N–H and O–H groups in total. The molecule has 6 nitrogen and oxygen atoms in total. The minimum atomic E-state index is 0.0766. The van der Waals surface area contributed by atoms with Gasteiger partial charge < -0.3 is 15.4 Å². The van der Waals surface area contributed by atoms with E-state index in [9.17, 15) is 4.79 Å². The Morgan fingerprint density at radius 3 is 2.50 bits per heavy atom. The van der Waals surface area contributed by atoms with Crippen LogP contribution in [0.4, 0.5) is 5.95 Å². The summed E-state index contributed by atoms with van der Waals surface area (Å²) >= 11 is 0. The zero-order valence-electron chi connectivity index (χ0n) is 14.1. The van der Waals surface area contributed by atoms with Crippen LogP contribution in [-0.4, -0.2) is 41.7 Å². The molecule has 1 rings (SSSR count). The summed E-state index contributed by atoms with van der Waals surface area (Å²) < 4.78 is 5.42. The van der Waals surface area contributed by atoms with Crippen molar-refractivity contribution in [3.05, 3.63) is 17.5 Å². The Balaban J connectivity index is 2.07. The average molecular weight is 308 g/mol. The number of amides is 1. The summed E-state index contributed by atoms with van der Waals surface area (Å²) in [5, 5.41) is 6.04. The molecule has 0 atom stereocenters. The van der Waals surface area contributed by atoms with Crippen LogP contribution in [0.2, 0.25) is 0 Å². The summed E-state index contributed by atoms with van der Waals surface area (Å²) in [5.74, 6) is 0.705. The number of nitrogens with one attached hydrogen (secondary N) is 2. The van der Waals surface area contributed by atoms with Crippen LogP contribution < -0.4 is 10.6 Å². The molecule has 6 heteroatoms. The van der Waals surface area contributed by atoms with Gasteiger partial charge in [0, 0.05) is 37.5 Å². The van der Waals surface area contributed by atoms with Crippen LogP contribution in [0, 0.1) is 13.8 Å². The maximum absolute atomic E-state index is 11.6. The zero-order valence-corrected chi connectivity index (χ0v) is 14.1. The molecule has 22 heavy (non-hydrogen) atoms. The third kappa shape index (κ3) is 8.56. The van der Waals surface area contributed by atoms with Gasteiger partial charge in [0.1, 0.15) is 0 Å². The second-order valence-electron chi connectivity index (χ2n) is 5.63. The first-order chi connectivity index (χ1) is 10.5. The van der Waals surface area contributed by atoms with Gasteiger partial charge >= 0.3 is 0 Å². The van der Waals surface area contributed by atoms with Crippen molar-refractivity contribution in [2.24, 2.45) is 0 Å². The van der Waals surface area contributed by atoms with E-state index in [0.29, 0.717) is 32.1 Å². The van der Waals surface area contributed by atoms with Gasteiger partial charge in [0.25, 0.3) is 0 Å². The molecule has 0 bridgehead atoms. The lowest BCUT2D eigenvalue weighted by molar-refractivity contribution is -0.121. The first kappa shape index (κ1) is 18.4. The van der Waals surface area contributed by atoms with Crippen molar-refractivity contribution < 1.29 is 9.53 Å². The molecule has 1 heterocycles. The van der Waals surface area contributed by atoms with E-state index in [1.54, 1.807) is 0 Å². The third-order valence-corrected chi connectivity index (χ3v) is 2.94. The molecule has 0 unspecified atom stereocenters. The Hall–Kier alpha value is -1.69. The highest BCUT2D eigenvalue weighted by Crippen LogP contribution is 2.03. The van der Waals surface area contributed by atoms with Gasteiger partial charge in [0.2, 0.25) is 11.9 Å². The van der Waals surface area contributed by atoms with Crippen LogP contribution in [-0.2, 0) is 9.53 Å². The van der Waals surface area contributed by atoms with Crippen molar-refractivity contribution in [1.29, 1.82) is 0 Å². The third-order valence-electron chi connectivity index (χ3n) is 2.94. The molecule has 0 radical (unpaired) electrons. The number of hydrogen-bond acceptors (Lipinski definition) is 5. The smallest absolute Gasteiger partial charge is 0.223 e. The van der Waals surface area contributed by atoms with Gasteiger partial charge in [-0.15, -0.1) is 0 Å². The zero-order chi connectivity index (χ0) is 16.4. The van der Waals surface area contributed by atoms with Gasteiger partial charge in [-0.3, -0.25) is 4.79 Å². The van der Waals surface area contributed by atoms with E-state index in [2.05, 4.69) is 20.6 Å². The van der Waals surface area contributed by atoms with Gasteiger partial charge in [0.05, 0.1) is 6.10 Å². The number of carbonyl (C=O) groups excluding carboxylic acids is 1. The summed E-state index contributed by atoms with van der Waals surface area (Å²) in [5.41, 5.74) is 1.88. The Bertz CT molecular complexity index is 443. The number of carbonyl (C=O) groups is 1. The fraction of sp³-hybridized carbons (Fsp3) is 0.688. The van der Waals surface area contributed by atoms with E-state index in [0.717, 1.165) is 24.2 Å². The fourth-order valence-corrected chi connectivity index (χ4v) is 1.96. The van der Waals surface area contributed by atoms with Crippen molar-refractivity contribution in [2.45, 2.75) is 53.1 Å². The fourth-order valence-electron chi connectivity index (χ4n) is 1.96. The van der Waals surface area contributed by atoms with Crippen LogP contribution in [0.5, 0.6) is 0 Å². The number of aryl methyl sites for hydroxylation is 2. The topological polar surface area (TPSA) is 76.1 Å². The van der Waals surface area contributed by atoms with Crippen molar-refractivity contribution in [3.8, 4) is 0 Å². The van der Waals surface area contributed by atoms with Crippen LogP contribution in [0.1, 0.15) is 44.5 Å². The van der Waals surface area contributed by atoms with E-state index in [-0.39, 0.29) is 12.0 Å². The second kappa shape index (κ2) is 10.1. The number of ether oxygens (including phenoxy) is 1. The molecule has 0 aliphatic rings. The molecule has 0 saturated carbocycles. The second-order valence-corrected chi connectivity index (χ2v) is 5.63. The highest BCUT2D eigenvalue weighted by atomic mass is 16.5. The molecule has 0 aliphatic carbocycles. The Morgan fingerprint density at radius 2 is 1.86 bits per heavy atom. The quantitative estimate of drug-likeness (QED) is 0.648. The lowest BCUT2D eigenvalue weighted by Gasteiger charge is -2.09. The molecule has 1 amide bonds. The number of anilines is 1. The van der Waals surface area contributed by atoms with Crippen molar-refractivity contribution in [2.75, 3.05) is 25.0 Å². The monoisotopic (exact) mass is 308 g/mol. The first-order valence-corrected chi connectivity index (χ1v) is 7.92. The van der Waals surface area contributed by atoms with E-state index in [1.165, 1.54) is 0 Å². The molecular weight excluding hydrogens is 280 g/mol. The molecule has 1 aromatic rings. The van der Waals surface area contributed by atoms with E-state index < -0.39 is 0 Å². The average Bonchev–Trinajstić information content (AvgIpc) is 2.42. The molecular formula is C16H28N4O2. The van der Waals surface area contributed by atoms with Crippen LogP contribution in [0.25, 0.3) is 0 Å². The minimum Gasteiger partial charge on any atom is -0.379 e. The van der Waals surface area contributed by atoms with E-state index in [1.807, 2.05) is 33.8 Å². The molecule has 0 fully saturated rings. The van der Waals surface area contributed by atoms with Crippen LogP contribution in [0.15, 0.2) is 6.07 Å². The lowest BCUT2D eigenvalue weighted by atomic mass is 10.3. The van der Waals surface area contributed by atoms with Crippen LogP contribution in [0.3, 0.4) is 0 Å². The molecule has 1 aromatic heterocycles. The van der Waals surface area contributed by atoms with Crippen molar-refractivity contribution in [3.63, 3.8) is 0 Å². The number of aromatic nitrogens is 2. The summed E-state index contributed by atoms with van der Waals surface area (Å²) in [7, 11) is 0. The van der Waals surface area contributed by atoms with Crippen molar-refractivity contribution >= 4 is 11.9 Å². The minimum absolute atomic E-state index is 0.0766. The number of nitrogens with zero attached hydrogens (tertiary/aromatic N) is 2. The maximum atomic E-state index is 11.6. The van der Waals surface area contributed by atoms with Crippen LogP contribution >= 0.6 is 0 Å². The number of hydrogen-bond donors (Lipinski definition) is 2. The normalized spacial score (nSPS) is 10.8. The summed E-state index contributed by atoms with van der Waals surface area (Å²) in [6.45, 7) is 9.93. The summed E-state index contributed by atoms with van der Waals surface area (Å²) in [6, 6.07) is 1.93.